The Kier molecular flexibility index (Phi) is 6.40. The standard InChI is InChI=1S/C18H24N4O.ClH/c1-13-12-20-22(18(13)21-17(23)10-5-11-19)16-9-4-7-14-6-2-3-8-15(14)16;/h2-3,6,8,12,16H,4-5,7,9-11,19H2,1H3,(H,21,23);1H. The van der Waals surface area contributed by atoms with Crippen LogP contribution >= 0.6 is 12.4 Å². The zero-order chi connectivity index (χ0) is 16.2. The first kappa shape index (κ1) is 18.5. The van der Waals surface area contributed by atoms with E-state index >= 15 is 0 Å². The summed E-state index contributed by atoms with van der Waals surface area (Å²) in [4.78, 5) is 12.1. The van der Waals surface area contributed by atoms with Crippen molar-refractivity contribution >= 4 is 24.1 Å². The fourth-order valence-electron chi connectivity index (χ4n) is 3.28. The lowest BCUT2D eigenvalue weighted by Gasteiger charge is -2.27. The Hall–Kier alpha value is -1.85. The zero-order valence-corrected chi connectivity index (χ0v) is 14.8. The number of aryl methyl sites for hydroxylation is 2. The summed E-state index contributed by atoms with van der Waals surface area (Å²) in [6.45, 7) is 2.51. The highest BCUT2D eigenvalue weighted by atomic mass is 35.5. The molecule has 0 spiro atoms. The number of amides is 1. The number of rotatable bonds is 5. The van der Waals surface area contributed by atoms with Crippen LogP contribution in [-0.2, 0) is 11.2 Å². The van der Waals surface area contributed by atoms with Gasteiger partial charge in [0.1, 0.15) is 5.82 Å². The van der Waals surface area contributed by atoms with Gasteiger partial charge in [-0.1, -0.05) is 24.3 Å². The van der Waals surface area contributed by atoms with Crippen molar-refractivity contribution in [3.05, 3.63) is 47.2 Å². The minimum Gasteiger partial charge on any atom is -0.330 e. The molecule has 1 aliphatic carbocycles. The predicted octanol–water partition coefficient (Wildman–Crippen LogP) is 3.22. The summed E-state index contributed by atoms with van der Waals surface area (Å²) >= 11 is 0. The molecule has 0 saturated heterocycles. The van der Waals surface area contributed by atoms with Crippen molar-refractivity contribution in [1.82, 2.24) is 9.78 Å². The van der Waals surface area contributed by atoms with Crippen LogP contribution in [0.25, 0.3) is 0 Å². The maximum atomic E-state index is 12.1. The predicted molar refractivity (Wildman–Crippen MR) is 98.6 cm³/mol. The number of nitrogens with two attached hydrogens (primary N) is 1. The van der Waals surface area contributed by atoms with Crippen molar-refractivity contribution in [1.29, 1.82) is 0 Å². The Morgan fingerprint density at radius 2 is 2.21 bits per heavy atom. The monoisotopic (exact) mass is 348 g/mol. The van der Waals surface area contributed by atoms with E-state index in [1.807, 2.05) is 17.8 Å². The molecule has 0 radical (unpaired) electrons. The number of aromatic nitrogens is 2. The van der Waals surface area contributed by atoms with Gasteiger partial charge in [-0.2, -0.15) is 5.10 Å². The molecule has 3 rings (SSSR count). The summed E-state index contributed by atoms with van der Waals surface area (Å²) in [6, 6.07) is 8.73. The number of nitrogens with zero attached hydrogens (tertiary/aromatic N) is 2. The Morgan fingerprint density at radius 3 is 3.00 bits per heavy atom. The van der Waals surface area contributed by atoms with Crippen LogP contribution in [0.5, 0.6) is 0 Å². The molecule has 1 atom stereocenters. The average molecular weight is 349 g/mol. The van der Waals surface area contributed by atoms with Gasteiger partial charge in [0.05, 0.1) is 12.2 Å². The Balaban J connectivity index is 0.00000208. The maximum absolute atomic E-state index is 12.1. The van der Waals surface area contributed by atoms with Gasteiger partial charge >= 0.3 is 0 Å². The van der Waals surface area contributed by atoms with Crippen LogP contribution in [0, 0.1) is 6.92 Å². The summed E-state index contributed by atoms with van der Waals surface area (Å²) in [7, 11) is 0. The minimum atomic E-state index is 0. The van der Waals surface area contributed by atoms with E-state index in [2.05, 4.69) is 34.7 Å². The lowest BCUT2D eigenvalue weighted by molar-refractivity contribution is -0.116. The number of carbonyl (C=O) groups is 1. The quantitative estimate of drug-likeness (QED) is 0.871. The first-order valence-electron chi connectivity index (χ1n) is 8.32. The van der Waals surface area contributed by atoms with Crippen LogP contribution in [0.15, 0.2) is 30.5 Å². The summed E-state index contributed by atoms with van der Waals surface area (Å²) in [6.07, 6.45) is 6.28. The molecule has 1 heterocycles. The molecule has 0 bridgehead atoms. The van der Waals surface area contributed by atoms with Crippen molar-refractivity contribution in [3.8, 4) is 0 Å². The largest absolute Gasteiger partial charge is 0.330 e. The van der Waals surface area contributed by atoms with Gasteiger partial charge in [0.2, 0.25) is 5.91 Å². The number of fused-ring (bicyclic) bond motifs is 1. The van der Waals surface area contributed by atoms with Crippen molar-refractivity contribution in [3.63, 3.8) is 0 Å². The summed E-state index contributed by atoms with van der Waals surface area (Å²) in [5, 5.41) is 7.58. The molecule has 3 N–H and O–H groups in total. The summed E-state index contributed by atoms with van der Waals surface area (Å²) in [5.41, 5.74) is 9.18. The maximum Gasteiger partial charge on any atom is 0.225 e. The number of hydrogen-bond acceptors (Lipinski definition) is 3. The highest BCUT2D eigenvalue weighted by molar-refractivity contribution is 5.90. The SMILES string of the molecule is Cc1cnn(C2CCCc3ccccc32)c1NC(=O)CCCN.Cl. The van der Waals surface area contributed by atoms with Crippen LogP contribution < -0.4 is 11.1 Å². The lowest BCUT2D eigenvalue weighted by atomic mass is 9.88. The fourth-order valence-corrected chi connectivity index (χ4v) is 3.28. The van der Waals surface area contributed by atoms with Crippen LogP contribution in [-0.4, -0.2) is 22.2 Å². The van der Waals surface area contributed by atoms with Gasteiger partial charge in [-0.25, -0.2) is 4.68 Å². The highest BCUT2D eigenvalue weighted by Crippen LogP contribution is 2.35. The average Bonchev–Trinajstić information content (AvgIpc) is 2.93. The number of nitrogens with one attached hydrogen (secondary N) is 1. The van der Waals surface area contributed by atoms with Crippen molar-refractivity contribution < 1.29 is 4.79 Å². The molecule has 1 aliphatic rings. The Morgan fingerprint density at radius 1 is 1.42 bits per heavy atom. The van der Waals surface area contributed by atoms with Crippen molar-refractivity contribution in [2.24, 2.45) is 5.73 Å². The lowest BCUT2D eigenvalue weighted by Crippen LogP contribution is -2.23. The van der Waals surface area contributed by atoms with E-state index in [1.54, 1.807) is 0 Å². The molecule has 1 unspecified atom stereocenters. The molecule has 0 fully saturated rings. The zero-order valence-electron chi connectivity index (χ0n) is 14.0. The number of benzene rings is 1. The smallest absolute Gasteiger partial charge is 0.225 e. The molecular formula is C18H25ClN4O. The van der Waals surface area contributed by atoms with Crippen LogP contribution in [0.2, 0.25) is 0 Å². The van der Waals surface area contributed by atoms with Crippen molar-refractivity contribution in [2.75, 3.05) is 11.9 Å². The van der Waals surface area contributed by atoms with Crippen LogP contribution in [0.1, 0.15) is 48.4 Å². The number of carbonyl (C=O) groups excluding carboxylic acids is 1. The molecule has 0 aliphatic heterocycles. The summed E-state index contributed by atoms with van der Waals surface area (Å²) < 4.78 is 1.98. The first-order valence-corrected chi connectivity index (χ1v) is 8.32. The molecule has 5 nitrogen and oxygen atoms in total. The van der Waals surface area contributed by atoms with E-state index in [1.165, 1.54) is 11.1 Å². The van der Waals surface area contributed by atoms with Gasteiger partial charge in [0.25, 0.3) is 0 Å². The third-order valence-corrected chi connectivity index (χ3v) is 4.48. The topological polar surface area (TPSA) is 72.9 Å². The fraction of sp³-hybridized carbons (Fsp3) is 0.444. The summed E-state index contributed by atoms with van der Waals surface area (Å²) in [5.74, 6) is 0.818. The normalized spacial score (nSPS) is 16.2. The van der Waals surface area contributed by atoms with E-state index in [4.69, 9.17) is 5.73 Å². The van der Waals surface area contributed by atoms with Gasteiger partial charge in [0.15, 0.2) is 0 Å². The van der Waals surface area contributed by atoms with Gasteiger partial charge in [-0.15, -0.1) is 12.4 Å². The Bertz CT molecular complexity index is 698. The second-order valence-corrected chi connectivity index (χ2v) is 6.17. The van der Waals surface area contributed by atoms with E-state index < -0.39 is 0 Å². The van der Waals surface area contributed by atoms with Crippen molar-refractivity contribution in [2.45, 2.75) is 45.1 Å². The third kappa shape index (κ3) is 3.79. The van der Waals surface area contributed by atoms with E-state index in [0.717, 1.165) is 30.6 Å². The molecule has 130 valence electrons. The second-order valence-electron chi connectivity index (χ2n) is 6.17. The molecule has 24 heavy (non-hydrogen) atoms. The van der Waals surface area contributed by atoms with Gasteiger partial charge in [-0.05, 0) is 50.3 Å². The second kappa shape index (κ2) is 8.31. The Labute approximate surface area is 149 Å². The van der Waals surface area contributed by atoms with Gasteiger partial charge in [-0.3, -0.25) is 4.79 Å². The van der Waals surface area contributed by atoms with E-state index in [9.17, 15) is 4.79 Å². The highest BCUT2D eigenvalue weighted by Gasteiger charge is 2.25. The third-order valence-electron chi connectivity index (χ3n) is 4.48. The molecule has 6 heteroatoms. The van der Waals surface area contributed by atoms with Crippen LogP contribution in [0.3, 0.4) is 0 Å². The first-order chi connectivity index (χ1) is 11.2. The minimum absolute atomic E-state index is 0. The molecular weight excluding hydrogens is 324 g/mol. The number of hydrogen-bond donors (Lipinski definition) is 2. The number of anilines is 1. The van der Waals surface area contributed by atoms with Crippen LogP contribution in [0.4, 0.5) is 5.82 Å². The van der Waals surface area contributed by atoms with E-state index in [-0.39, 0.29) is 24.4 Å². The molecule has 1 aromatic carbocycles. The van der Waals surface area contributed by atoms with Gasteiger partial charge in [0, 0.05) is 12.0 Å². The molecule has 1 aromatic heterocycles. The molecule has 1 amide bonds. The van der Waals surface area contributed by atoms with E-state index in [0.29, 0.717) is 19.4 Å². The van der Waals surface area contributed by atoms with Gasteiger partial charge < -0.3 is 11.1 Å². The number of halogens is 1. The molecule has 2 aromatic rings. The molecule has 0 saturated carbocycles.